The topological polar surface area (TPSA) is 60.1 Å². The Labute approximate surface area is 116 Å². The number of aromatic nitrogens is 2. The van der Waals surface area contributed by atoms with Gasteiger partial charge in [0.1, 0.15) is 11.4 Å². The number of para-hydroxylation sites is 1. The Hall–Kier alpha value is -2.56. The van der Waals surface area contributed by atoms with Gasteiger partial charge in [-0.25, -0.2) is 0 Å². The number of amides is 1. The number of fused-ring (bicyclic) bond motifs is 1. The molecule has 0 bridgehead atoms. The molecule has 0 aliphatic carbocycles. The minimum absolute atomic E-state index is 0.262. The van der Waals surface area contributed by atoms with Crippen LogP contribution in [0.3, 0.4) is 0 Å². The molecule has 1 aromatic carbocycles. The maximum Gasteiger partial charge on any atom is 0.292 e. The molecule has 3 rings (SSSR count). The van der Waals surface area contributed by atoms with Crippen LogP contribution in [0.2, 0.25) is 0 Å². The standard InChI is InChI=1S/C15H15N3O2/c1-9-8-13(18(3)17-9)16-15(19)14-10(2)11-6-4-5-7-12(11)20-14/h4-8H,1-3H3,(H,16,19). The van der Waals surface area contributed by atoms with E-state index in [0.717, 1.165) is 22.2 Å². The first-order valence-electron chi connectivity index (χ1n) is 6.36. The van der Waals surface area contributed by atoms with E-state index in [1.807, 2.05) is 44.2 Å². The van der Waals surface area contributed by atoms with E-state index >= 15 is 0 Å². The minimum Gasteiger partial charge on any atom is -0.451 e. The zero-order valence-electron chi connectivity index (χ0n) is 11.6. The van der Waals surface area contributed by atoms with E-state index < -0.39 is 0 Å². The number of furan rings is 1. The number of nitrogens with one attached hydrogen (secondary N) is 1. The smallest absolute Gasteiger partial charge is 0.292 e. The van der Waals surface area contributed by atoms with Crippen molar-refractivity contribution in [2.24, 2.45) is 7.05 Å². The molecule has 0 aliphatic rings. The Kier molecular flexibility index (Phi) is 2.82. The van der Waals surface area contributed by atoms with Crippen molar-refractivity contribution in [2.75, 3.05) is 5.32 Å². The van der Waals surface area contributed by atoms with Crippen molar-refractivity contribution in [3.8, 4) is 0 Å². The van der Waals surface area contributed by atoms with Crippen LogP contribution in [0.5, 0.6) is 0 Å². The maximum absolute atomic E-state index is 12.3. The van der Waals surface area contributed by atoms with E-state index in [1.165, 1.54) is 0 Å². The van der Waals surface area contributed by atoms with Crippen molar-refractivity contribution in [1.82, 2.24) is 9.78 Å². The molecule has 0 unspecified atom stereocenters. The van der Waals surface area contributed by atoms with E-state index in [-0.39, 0.29) is 5.91 Å². The summed E-state index contributed by atoms with van der Waals surface area (Å²) in [6.07, 6.45) is 0. The predicted octanol–water partition coefficient (Wildman–Crippen LogP) is 3.04. The van der Waals surface area contributed by atoms with Crippen LogP contribution >= 0.6 is 0 Å². The third-order valence-electron chi connectivity index (χ3n) is 3.29. The largest absolute Gasteiger partial charge is 0.451 e. The van der Waals surface area contributed by atoms with Crippen molar-refractivity contribution in [2.45, 2.75) is 13.8 Å². The first-order valence-corrected chi connectivity index (χ1v) is 6.36. The van der Waals surface area contributed by atoms with E-state index in [2.05, 4.69) is 10.4 Å². The van der Waals surface area contributed by atoms with Gasteiger partial charge in [-0.3, -0.25) is 9.48 Å². The third-order valence-corrected chi connectivity index (χ3v) is 3.29. The highest BCUT2D eigenvalue weighted by molar-refractivity contribution is 6.06. The van der Waals surface area contributed by atoms with Crippen LogP contribution in [-0.2, 0) is 7.05 Å². The number of nitrogens with zero attached hydrogens (tertiary/aromatic N) is 2. The molecule has 0 atom stereocenters. The second-order valence-corrected chi connectivity index (χ2v) is 4.80. The van der Waals surface area contributed by atoms with Crippen molar-refractivity contribution in [3.63, 3.8) is 0 Å². The molecule has 0 radical (unpaired) electrons. The van der Waals surface area contributed by atoms with Gasteiger partial charge in [0.15, 0.2) is 5.76 Å². The first kappa shape index (κ1) is 12.5. The SMILES string of the molecule is Cc1cc(NC(=O)c2oc3ccccc3c2C)n(C)n1. The Morgan fingerprint density at radius 3 is 2.70 bits per heavy atom. The average Bonchev–Trinajstić information content (AvgIpc) is 2.91. The number of benzene rings is 1. The lowest BCUT2D eigenvalue weighted by atomic mass is 10.1. The Morgan fingerprint density at radius 2 is 2.05 bits per heavy atom. The van der Waals surface area contributed by atoms with Gasteiger partial charge < -0.3 is 9.73 Å². The second kappa shape index (κ2) is 4.52. The summed E-state index contributed by atoms with van der Waals surface area (Å²) < 4.78 is 7.27. The molecule has 5 nitrogen and oxygen atoms in total. The summed E-state index contributed by atoms with van der Waals surface area (Å²) in [5.41, 5.74) is 2.41. The van der Waals surface area contributed by atoms with E-state index in [1.54, 1.807) is 11.7 Å². The molecule has 3 aromatic rings. The molecule has 102 valence electrons. The second-order valence-electron chi connectivity index (χ2n) is 4.80. The third kappa shape index (κ3) is 1.97. The molecule has 0 aliphatic heterocycles. The maximum atomic E-state index is 12.3. The fraction of sp³-hybridized carbons (Fsp3) is 0.200. The van der Waals surface area contributed by atoms with E-state index in [0.29, 0.717) is 11.6 Å². The number of carbonyl (C=O) groups excluding carboxylic acids is 1. The zero-order chi connectivity index (χ0) is 14.3. The normalized spacial score (nSPS) is 10.9. The monoisotopic (exact) mass is 269 g/mol. The Bertz CT molecular complexity index is 799. The summed E-state index contributed by atoms with van der Waals surface area (Å²) in [4.78, 5) is 12.3. The quantitative estimate of drug-likeness (QED) is 0.777. The molecule has 2 aromatic heterocycles. The van der Waals surface area contributed by atoms with Crippen molar-refractivity contribution >= 4 is 22.7 Å². The van der Waals surface area contributed by atoms with Crippen molar-refractivity contribution in [3.05, 3.63) is 47.3 Å². The zero-order valence-corrected chi connectivity index (χ0v) is 11.6. The molecular formula is C15H15N3O2. The molecule has 5 heteroatoms. The van der Waals surface area contributed by atoms with Crippen LogP contribution in [0.15, 0.2) is 34.7 Å². The molecule has 0 saturated heterocycles. The molecule has 0 spiro atoms. The van der Waals surface area contributed by atoms with Crippen molar-refractivity contribution < 1.29 is 9.21 Å². The van der Waals surface area contributed by atoms with Crippen LogP contribution in [0.1, 0.15) is 21.8 Å². The molecule has 20 heavy (non-hydrogen) atoms. The number of carbonyl (C=O) groups is 1. The fourth-order valence-corrected chi connectivity index (χ4v) is 2.29. The molecular weight excluding hydrogens is 254 g/mol. The van der Waals surface area contributed by atoms with Crippen LogP contribution in [0.25, 0.3) is 11.0 Å². The lowest BCUT2D eigenvalue weighted by molar-refractivity contribution is 0.0997. The first-order chi connectivity index (χ1) is 9.56. The lowest BCUT2D eigenvalue weighted by Gasteiger charge is -2.03. The van der Waals surface area contributed by atoms with Gasteiger partial charge in [-0.05, 0) is 19.9 Å². The van der Waals surface area contributed by atoms with Crippen LogP contribution in [0.4, 0.5) is 5.82 Å². The average molecular weight is 269 g/mol. The molecule has 1 amide bonds. The number of hydrogen-bond donors (Lipinski definition) is 1. The van der Waals surface area contributed by atoms with E-state index in [4.69, 9.17) is 4.42 Å². The fourth-order valence-electron chi connectivity index (χ4n) is 2.29. The van der Waals surface area contributed by atoms with Gasteiger partial charge in [0.25, 0.3) is 5.91 Å². The van der Waals surface area contributed by atoms with Gasteiger partial charge in [-0.15, -0.1) is 0 Å². The minimum atomic E-state index is -0.262. The van der Waals surface area contributed by atoms with Crippen LogP contribution in [-0.4, -0.2) is 15.7 Å². The van der Waals surface area contributed by atoms with Gasteiger partial charge in [0.2, 0.25) is 0 Å². The Balaban J connectivity index is 1.96. The number of hydrogen-bond acceptors (Lipinski definition) is 3. The number of anilines is 1. The Morgan fingerprint density at radius 1 is 1.30 bits per heavy atom. The van der Waals surface area contributed by atoms with Gasteiger partial charge in [-0.2, -0.15) is 5.10 Å². The highest BCUT2D eigenvalue weighted by atomic mass is 16.3. The van der Waals surface area contributed by atoms with Crippen molar-refractivity contribution in [1.29, 1.82) is 0 Å². The summed E-state index contributed by atoms with van der Waals surface area (Å²) in [7, 11) is 1.79. The molecule has 2 heterocycles. The molecule has 0 saturated carbocycles. The molecule has 1 N–H and O–H groups in total. The molecule has 0 fully saturated rings. The highest BCUT2D eigenvalue weighted by Gasteiger charge is 2.18. The van der Waals surface area contributed by atoms with Crippen LogP contribution < -0.4 is 5.32 Å². The van der Waals surface area contributed by atoms with Gasteiger partial charge in [0, 0.05) is 24.1 Å². The van der Waals surface area contributed by atoms with E-state index in [9.17, 15) is 4.79 Å². The number of rotatable bonds is 2. The number of aryl methyl sites for hydroxylation is 3. The lowest BCUT2D eigenvalue weighted by Crippen LogP contribution is -2.14. The summed E-state index contributed by atoms with van der Waals surface area (Å²) in [6.45, 7) is 3.76. The highest BCUT2D eigenvalue weighted by Crippen LogP contribution is 2.25. The summed E-state index contributed by atoms with van der Waals surface area (Å²) in [6, 6.07) is 9.43. The van der Waals surface area contributed by atoms with Gasteiger partial charge >= 0.3 is 0 Å². The van der Waals surface area contributed by atoms with Gasteiger partial charge in [-0.1, -0.05) is 18.2 Å². The predicted molar refractivity (Wildman–Crippen MR) is 76.8 cm³/mol. The van der Waals surface area contributed by atoms with Crippen LogP contribution in [0, 0.1) is 13.8 Å². The summed E-state index contributed by atoms with van der Waals surface area (Å²) in [5.74, 6) is 0.721. The summed E-state index contributed by atoms with van der Waals surface area (Å²) >= 11 is 0. The summed E-state index contributed by atoms with van der Waals surface area (Å²) in [5, 5.41) is 7.97. The van der Waals surface area contributed by atoms with Gasteiger partial charge in [0.05, 0.1) is 5.69 Å².